The summed E-state index contributed by atoms with van der Waals surface area (Å²) in [5, 5.41) is 3.41. The average molecular weight is 490 g/mol. The van der Waals surface area contributed by atoms with E-state index in [9.17, 15) is 9.59 Å². The van der Waals surface area contributed by atoms with Crippen molar-refractivity contribution in [1.29, 1.82) is 0 Å². The highest BCUT2D eigenvalue weighted by Crippen LogP contribution is 2.46. The normalized spacial score (nSPS) is 20.4. The van der Waals surface area contributed by atoms with Crippen molar-refractivity contribution in [1.82, 2.24) is 5.32 Å². The zero-order chi connectivity index (χ0) is 26.0. The molecule has 1 heterocycles. The fourth-order valence-electron chi connectivity index (χ4n) is 5.07. The van der Waals surface area contributed by atoms with E-state index >= 15 is 0 Å². The summed E-state index contributed by atoms with van der Waals surface area (Å²) in [6.07, 6.45) is 1.53. The van der Waals surface area contributed by atoms with E-state index in [2.05, 4.69) is 5.32 Å². The minimum Gasteiger partial charge on any atom is -0.493 e. The van der Waals surface area contributed by atoms with Crippen LogP contribution < -0.4 is 14.8 Å². The van der Waals surface area contributed by atoms with E-state index in [1.54, 1.807) is 14.2 Å². The third-order valence-electron chi connectivity index (χ3n) is 7.22. The molecule has 2 aromatic carbocycles. The van der Waals surface area contributed by atoms with Gasteiger partial charge in [-0.1, -0.05) is 42.8 Å². The number of rotatable bonds is 7. The minimum atomic E-state index is -0.461. The van der Waals surface area contributed by atoms with Crippen LogP contribution in [0.1, 0.15) is 68.6 Å². The predicted octanol–water partition coefficient (Wildman–Crippen LogP) is 5.72. The summed E-state index contributed by atoms with van der Waals surface area (Å²) in [7, 11) is 3.21. The molecule has 0 saturated carbocycles. The van der Waals surface area contributed by atoms with Gasteiger partial charge in [-0.2, -0.15) is 0 Å². The van der Waals surface area contributed by atoms with Crippen molar-refractivity contribution < 1.29 is 23.8 Å². The highest BCUT2D eigenvalue weighted by Gasteiger charge is 2.41. The first kappa shape index (κ1) is 25.5. The molecule has 1 N–H and O–H groups in total. The molecule has 0 unspecified atom stereocenters. The maximum atomic E-state index is 13.8. The Balaban J connectivity index is 1.76. The monoisotopic (exact) mass is 489 g/mol. The molecule has 0 amide bonds. The van der Waals surface area contributed by atoms with Crippen LogP contribution in [0.25, 0.3) is 0 Å². The van der Waals surface area contributed by atoms with Crippen LogP contribution in [-0.4, -0.2) is 32.1 Å². The number of benzene rings is 2. The van der Waals surface area contributed by atoms with Gasteiger partial charge in [0.2, 0.25) is 0 Å². The number of ketones is 1. The Morgan fingerprint density at radius 2 is 1.67 bits per heavy atom. The number of hydrogen-bond acceptors (Lipinski definition) is 6. The molecule has 2 aliphatic rings. The number of methoxy groups -OCH3 is 2. The van der Waals surface area contributed by atoms with E-state index in [4.69, 9.17) is 14.2 Å². The van der Waals surface area contributed by atoms with Crippen molar-refractivity contribution in [3.63, 3.8) is 0 Å². The second kappa shape index (κ2) is 10.6. The Hall–Kier alpha value is -3.54. The lowest BCUT2D eigenvalue weighted by atomic mass is 9.71. The second-order valence-electron chi connectivity index (χ2n) is 9.67. The van der Waals surface area contributed by atoms with Crippen LogP contribution in [0.4, 0.5) is 0 Å². The summed E-state index contributed by atoms with van der Waals surface area (Å²) in [5.74, 6) is 0.488. The largest absolute Gasteiger partial charge is 0.493 e. The second-order valence-corrected chi connectivity index (χ2v) is 9.67. The maximum Gasteiger partial charge on any atom is 0.337 e. The van der Waals surface area contributed by atoms with E-state index in [1.165, 1.54) is 0 Å². The number of carbonyl (C=O) groups is 2. The third-order valence-corrected chi connectivity index (χ3v) is 7.22. The van der Waals surface area contributed by atoms with Gasteiger partial charge in [-0.3, -0.25) is 4.79 Å². The van der Waals surface area contributed by atoms with Crippen LogP contribution in [0, 0.1) is 6.92 Å². The van der Waals surface area contributed by atoms with Crippen LogP contribution in [-0.2, 0) is 14.3 Å². The molecule has 0 aromatic heterocycles. The van der Waals surface area contributed by atoms with Crippen molar-refractivity contribution in [2.75, 3.05) is 14.2 Å². The summed E-state index contributed by atoms with van der Waals surface area (Å²) in [6, 6.07) is 13.9. The van der Waals surface area contributed by atoms with Crippen LogP contribution in [0.15, 0.2) is 65.0 Å². The number of hydrogen-bond donors (Lipinski definition) is 1. The summed E-state index contributed by atoms with van der Waals surface area (Å²) < 4.78 is 16.6. The van der Waals surface area contributed by atoms with E-state index < -0.39 is 5.92 Å². The van der Waals surface area contributed by atoms with Crippen LogP contribution in [0.5, 0.6) is 11.5 Å². The molecule has 6 nitrogen and oxygen atoms in total. The highest BCUT2D eigenvalue weighted by atomic mass is 16.5. The maximum absolute atomic E-state index is 13.8. The topological polar surface area (TPSA) is 73.9 Å². The Labute approximate surface area is 213 Å². The molecule has 0 radical (unpaired) electrons. The third kappa shape index (κ3) is 4.90. The lowest BCUT2D eigenvalue weighted by Gasteiger charge is -2.37. The zero-order valence-electron chi connectivity index (χ0n) is 21.9. The van der Waals surface area contributed by atoms with E-state index in [-0.39, 0.29) is 23.8 Å². The van der Waals surface area contributed by atoms with Gasteiger partial charge in [-0.05, 0) is 62.8 Å². The molecule has 6 heteroatoms. The Bertz CT molecular complexity index is 1220. The lowest BCUT2D eigenvalue weighted by molar-refractivity contribution is -0.144. The number of nitrogens with one attached hydrogen (secondary N) is 1. The molecule has 36 heavy (non-hydrogen) atoms. The van der Waals surface area contributed by atoms with Crippen LogP contribution in [0.3, 0.4) is 0 Å². The Kier molecular flexibility index (Phi) is 7.53. The molecule has 190 valence electrons. The number of dihydropyridines is 1. The van der Waals surface area contributed by atoms with Gasteiger partial charge in [0.05, 0.1) is 25.9 Å². The molecule has 1 aliphatic heterocycles. The molecule has 1 aliphatic carbocycles. The zero-order valence-corrected chi connectivity index (χ0v) is 21.9. The minimum absolute atomic E-state index is 0.0105. The molecule has 0 fully saturated rings. The van der Waals surface area contributed by atoms with Gasteiger partial charge in [-0.25, -0.2) is 4.79 Å². The number of Topliss-reactive ketones (excluding diaryl/α,β-unsaturated/α-hetero) is 1. The smallest absolute Gasteiger partial charge is 0.337 e. The Morgan fingerprint density at radius 3 is 2.31 bits per heavy atom. The first-order chi connectivity index (χ1) is 17.3. The van der Waals surface area contributed by atoms with Gasteiger partial charge >= 0.3 is 5.97 Å². The van der Waals surface area contributed by atoms with Crippen molar-refractivity contribution >= 4 is 11.8 Å². The van der Waals surface area contributed by atoms with Gasteiger partial charge in [0.1, 0.15) is 0 Å². The summed E-state index contributed by atoms with van der Waals surface area (Å²) in [4.78, 5) is 27.1. The number of aryl methyl sites for hydroxylation is 1. The van der Waals surface area contributed by atoms with Gasteiger partial charge in [0.15, 0.2) is 17.3 Å². The summed E-state index contributed by atoms with van der Waals surface area (Å²) in [6.45, 7) is 7.78. The molecule has 2 aromatic rings. The van der Waals surface area contributed by atoms with Gasteiger partial charge in [-0.15, -0.1) is 0 Å². The fourth-order valence-corrected chi connectivity index (χ4v) is 5.07. The van der Waals surface area contributed by atoms with E-state index in [0.717, 1.165) is 34.5 Å². The average Bonchev–Trinajstić information content (AvgIpc) is 2.87. The van der Waals surface area contributed by atoms with Crippen molar-refractivity contribution in [3.05, 3.63) is 81.7 Å². The molecule has 0 bridgehead atoms. The van der Waals surface area contributed by atoms with Gasteiger partial charge in [0.25, 0.3) is 0 Å². The number of ether oxygens (including phenoxy) is 3. The molecule has 0 saturated heterocycles. The SMILES string of the molecule is CC[C@H](C)OC(=O)C1=C(C)NC2=C(C(=O)C[C@@H](c3ccc(OC)c(OC)c3)C2)[C@@H]1c1ccc(C)cc1. The molecular formula is C30H35NO5. The number of esters is 1. The highest BCUT2D eigenvalue weighted by molar-refractivity contribution is 6.04. The first-order valence-corrected chi connectivity index (χ1v) is 12.5. The standard InChI is InChI=1S/C30H35NO5/c1-7-18(3)36-30(33)27-19(4)31-23-14-22(21-12-13-25(34-5)26(16-21)35-6)15-24(32)29(23)28(27)20-10-8-17(2)9-11-20/h8-13,16,18,22,28,31H,7,14-15H2,1-6H3/t18-,22-,28+/m0/s1. The molecule has 4 rings (SSSR count). The van der Waals surface area contributed by atoms with Gasteiger partial charge in [0, 0.05) is 29.3 Å². The number of allylic oxidation sites excluding steroid dienone is 3. The van der Waals surface area contributed by atoms with E-state index in [0.29, 0.717) is 35.5 Å². The Morgan fingerprint density at radius 1 is 1.00 bits per heavy atom. The van der Waals surface area contributed by atoms with E-state index in [1.807, 2.05) is 70.2 Å². The number of carbonyl (C=O) groups excluding carboxylic acids is 2. The van der Waals surface area contributed by atoms with Crippen molar-refractivity contribution in [3.8, 4) is 11.5 Å². The predicted molar refractivity (Wildman–Crippen MR) is 139 cm³/mol. The quantitative estimate of drug-likeness (QED) is 0.502. The van der Waals surface area contributed by atoms with Crippen LogP contribution >= 0.6 is 0 Å². The van der Waals surface area contributed by atoms with Crippen molar-refractivity contribution in [2.45, 2.75) is 64.9 Å². The van der Waals surface area contributed by atoms with Crippen LogP contribution in [0.2, 0.25) is 0 Å². The summed E-state index contributed by atoms with van der Waals surface area (Å²) in [5.41, 5.74) is 5.83. The molecular weight excluding hydrogens is 454 g/mol. The lowest BCUT2D eigenvalue weighted by Crippen LogP contribution is -2.36. The first-order valence-electron chi connectivity index (χ1n) is 12.5. The summed E-state index contributed by atoms with van der Waals surface area (Å²) >= 11 is 0. The molecule has 0 spiro atoms. The van der Waals surface area contributed by atoms with Gasteiger partial charge < -0.3 is 19.5 Å². The van der Waals surface area contributed by atoms with Crippen molar-refractivity contribution in [2.24, 2.45) is 0 Å². The molecule has 3 atom stereocenters. The fraction of sp³-hybridized carbons (Fsp3) is 0.400.